The highest BCUT2D eigenvalue weighted by atomic mass is 32.2. The third kappa shape index (κ3) is 3.02. The Hall–Kier alpha value is -2.90. The van der Waals surface area contributed by atoms with Crippen LogP contribution in [0.15, 0.2) is 69.9 Å². The van der Waals surface area contributed by atoms with Gasteiger partial charge in [0.15, 0.2) is 5.16 Å². The molecule has 1 atom stereocenters. The topological polar surface area (TPSA) is 74.4 Å². The number of aromatic amines is 2. The van der Waals surface area contributed by atoms with Crippen LogP contribution in [-0.2, 0) is 0 Å². The Morgan fingerprint density at radius 1 is 1.00 bits per heavy atom. The molecule has 0 amide bonds. The molecule has 5 aromatic rings. The minimum absolute atomic E-state index is 0.0417. The molecule has 3 heterocycles. The van der Waals surface area contributed by atoms with Gasteiger partial charge in [-0.1, -0.05) is 54.2 Å². The Morgan fingerprint density at radius 3 is 2.61 bits per heavy atom. The maximum atomic E-state index is 12.8. The number of nitrogens with one attached hydrogen (secondary N) is 2. The summed E-state index contributed by atoms with van der Waals surface area (Å²) in [5.74, 6) is 0.657. The Balaban J connectivity index is 1.50. The van der Waals surface area contributed by atoms with E-state index in [1.807, 2.05) is 66.9 Å². The van der Waals surface area contributed by atoms with E-state index in [4.69, 9.17) is 4.98 Å². The van der Waals surface area contributed by atoms with Gasteiger partial charge in [0.25, 0.3) is 5.56 Å². The molecule has 0 bridgehead atoms. The van der Waals surface area contributed by atoms with E-state index in [1.165, 1.54) is 11.3 Å². The molecule has 0 aliphatic rings. The maximum absolute atomic E-state index is 12.8. The molecule has 3 aromatic heterocycles. The monoisotopic (exact) mass is 404 g/mol. The van der Waals surface area contributed by atoms with E-state index in [-0.39, 0.29) is 10.8 Å². The maximum Gasteiger partial charge on any atom is 0.260 e. The van der Waals surface area contributed by atoms with Crippen molar-refractivity contribution in [2.45, 2.75) is 17.3 Å². The number of hydrogen-bond acceptors (Lipinski definition) is 5. The predicted octanol–water partition coefficient (Wildman–Crippen LogP) is 5.38. The molecule has 28 heavy (non-hydrogen) atoms. The van der Waals surface area contributed by atoms with Crippen LogP contribution in [0.25, 0.3) is 32.4 Å². The molecule has 5 nitrogen and oxygen atoms in total. The van der Waals surface area contributed by atoms with E-state index in [0.717, 1.165) is 32.1 Å². The van der Waals surface area contributed by atoms with Crippen LogP contribution in [0.2, 0.25) is 0 Å². The van der Waals surface area contributed by atoms with E-state index in [1.54, 1.807) is 11.8 Å². The van der Waals surface area contributed by atoms with Crippen molar-refractivity contribution in [3.05, 3.63) is 76.2 Å². The van der Waals surface area contributed by atoms with Crippen LogP contribution >= 0.6 is 23.1 Å². The van der Waals surface area contributed by atoms with E-state index in [2.05, 4.69) is 15.0 Å². The van der Waals surface area contributed by atoms with E-state index in [9.17, 15) is 4.79 Å². The van der Waals surface area contributed by atoms with Crippen molar-refractivity contribution in [1.29, 1.82) is 0 Å². The standard InChI is InChI=1S/C21H16N4OS2/c1-12(28-21-22-15-9-5-6-10-16(15)23-21)18-24-19(26)17-14(11-27-20(17)25-18)13-7-3-2-4-8-13/h2-12H,1H3,(H,22,23)(H,24,25,26). The van der Waals surface area contributed by atoms with Gasteiger partial charge in [0, 0.05) is 10.9 Å². The van der Waals surface area contributed by atoms with Gasteiger partial charge in [0.05, 0.1) is 21.7 Å². The molecule has 5 rings (SSSR count). The summed E-state index contributed by atoms with van der Waals surface area (Å²) in [6.07, 6.45) is 0. The lowest BCUT2D eigenvalue weighted by Gasteiger charge is -2.08. The number of nitrogens with zero attached hydrogens (tertiary/aromatic N) is 2. The number of aromatic nitrogens is 4. The van der Waals surface area contributed by atoms with Crippen molar-refractivity contribution in [2.75, 3.05) is 0 Å². The first-order valence-corrected chi connectivity index (χ1v) is 10.6. The van der Waals surface area contributed by atoms with Crippen LogP contribution in [0, 0.1) is 0 Å². The van der Waals surface area contributed by atoms with E-state index < -0.39 is 0 Å². The SMILES string of the molecule is CC(Sc1nc2ccccc2[nH]1)c1nc2scc(-c3ccccc3)c2c(=O)[nH]1. The molecule has 138 valence electrons. The van der Waals surface area contributed by atoms with Gasteiger partial charge >= 0.3 is 0 Å². The van der Waals surface area contributed by atoms with Crippen LogP contribution in [0.5, 0.6) is 0 Å². The molecule has 0 aliphatic carbocycles. The number of fused-ring (bicyclic) bond motifs is 2. The zero-order valence-corrected chi connectivity index (χ0v) is 16.6. The summed E-state index contributed by atoms with van der Waals surface area (Å²) < 4.78 is 0. The lowest BCUT2D eigenvalue weighted by atomic mass is 10.1. The first-order valence-electron chi connectivity index (χ1n) is 8.87. The Labute approximate surface area is 168 Å². The number of benzene rings is 2. The van der Waals surface area contributed by atoms with Crippen molar-refractivity contribution in [3.63, 3.8) is 0 Å². The molecular formula is C21H16N4OS2. The first-order chi connectivity index (χ1) is 13.7. The summed E-state index contributed by atoms with van der Waals surface area (Å²) in [4.78, 5) is 29.2. The molecule has 0 aliphatic heterocycles. The smallest absolute Gasteiger partial charge is 0.260 e. The van der Waals surface area contributed by atoms with E-state index in [0.29, 0.717) is 11.2 Å². The fourth-order valence-corrected chi connectivity index (χ4v) is 5.03. The average molecular weight is 405 g/mol. The van der Waals surface area contributed by atoms with Gasteiger partial charge in [-0.15, -0.1) is 11.3 Å². The highest BCUT2D eigenvalue weighted by Crippen LogP contribution is 2.35. The number of H-pyrrole nitrogens is 2. The number of imidazole rings is 1. The molecule has 0 fully saturated rings. The summed E-state index contributed by atoms with van der Waals surface area (Å²) in [7, 11) is 0. The molecule has 1 unspecified atom stereocenters. The van der Waals surface area contributed by atoms with Crippen molar-refractivity contribution in [3.8, 4) is 11.1 Å². The van der Waals surface area contributed by atoms with E-state index >= 15 is 0 Å². The summed E-state index contributed by atoms with van der Waals surface area (Å²) in [6.45, 7) is 2.02. The van der Waals surface area contributed by atoms with Gasteiger partial charge in [-0.05, 0) is 24.6 Å². The minimum Gasteiger partial charge on any atom is -0.333 e. The number of hydrogen-bond donors (Lipinski definition) is 2. The van der Waals surface area contributed by atoms with Crippen molar-refractivity contribution in [1.82, 2.24) is 19.9 Å². The second kappa shape index (κ2) is 6.92. The third-order valence-electron chi connectivity index (χ3n) is 4.59. The first kappa shape index (κ1) is 17.2. The molecule has 0 saturated heterocycles. The number of thioether (sulfide) groups is 1. The summed E-state index contributed by atoms with van der Waals surface area (Å²) >= 11 is 3.05. The van der Waals surface area contributed by atoms with Gasteiger partial charge in [0.2, 0.25) is 0 Å². The predicted molar refractivity (Wildman–Crippen MR) is 116 cm³/mol. The largest absolute Gasteiger partial charge is 0.333 e. The normalized spacial score (nSPS) is 12.6. The van der Waals surface area contributed by atoms with Crippen molar-refractivity contribution in [2.24, 2.45) is 0 Å². The van der Waals surface area contributed by atoms with Gasteiger partial charge in [-0.25, -0.2) is 9.97 Å². The summed E-state index contributed by atoms with van der Waals surface area (Å²) in [5.41, 5.74) is 3.79. The Kier molecular flexibility index (Phi) is 4.26. The Morgan fingerprint density at radius 2 is 1.79 bits per heavy atom. The van der Waals surface area contributed by atoms with Gasteiger partial charge in [-0.2, -0.15) is 0 Å². The molecule has 7 heteroatoms. The highest BCUT2D eigenvalue weighted by molar-refractivity contribution is 7.99. The van der Waals surface area contributed by atoms with Crippen LogP contribution < -0.4 is 5.56 Å². The van der Waals surface area contributed by atoms with Crippen LogP contribution in [-0.4, -0.2) is 19.9 Å². The molecule has 0 spiro atoms. The molecular weight excluding hydrogens is 388 g/mol. The molecule has 0 radical (unpaired) electrons. The minimum atomic E-state index is -0.0999. The zero-order valence-electron chi connectivity index (χ0n) is 15.0. The zero-order chi connectivity index (χ0) is 19.1. The van der Waals surface area contributed by atoms with Crippen LogP contribution in [0.4, 0.5) is 0 Å². The number of thiophene rings is 1. The lowest BCUT2D eigenvalue weighted by Crippen LogP contribution is -2.12. The number of para-hydroxylation sites is 2. The summed E-state index contributed by atoms with van der Waals surface area (Å²) in [5, 5.41) is 3.43. The fourth-order valence-electron chi connectivity index (χ4n) is 3.20. The second-order valence-electron chi connectivity index (χ2n) is 6.47. The quantitative estimate of drug-likeness (QED) is 0.394. The summed E-state index contributed by atoms with van der Waals surface area (Å²) in [6, 6.07) is 17.9. The van der Waals surface area contributed by atoms with Crippen molar-refractivity contribution < 1.29 is 0 Å². The van der Waals surface area contributed by atoms with Gasteiger partial charge in [0.1, 0.15) is 10.7 Å². The van der Waals surface area contributed by atoms with Gasteiger partial charge in [-0.3, -0.25) is 4.79 Å². The highest BCUT2D eigenvalue weighted by Gasteiger charge is 2.17. The molecule has 2 aromatic carbocycles. The molecule has 0 saturated carbocycles. The average Bonchev–Trinajstić information content (AvgIpc) is 3.32. The fraction of sp³-hybridized carbons (Fsp3) is 0.0952. The van der Waals surface area contributed by atoms with Crippen LogP contribution in [0.3, 0.4) is 0 Å². The number of rotatable bonds is 4. The third-order valence-corrected chi connectivity index (χ3v) is 6.45. The lowest BCUT2D eigenvalue weighted by molar-refractivity contribution is 0.917. The van der Waals surface area contributed by atoms with Crippen molar-refractivity contribution >= 4 is 44.3 Å². The van der Waals surface area contributed by atoms with Crippen LogP contribution in [0.1, 0.15) is 18.0 Å². The molecule has 2 N–H and O–H groups in total. The Bertz CT molecular complexity index is 1300. The van der Waals surface area contributed by atoms with Gasteiger partial charge < -0.3 is 9.97 Å². The second-order valence-corrected chi connectivity index (χ2v) is 8.65.